The second kappa shape index (κ2) is 5.71. The van der Waals surface area contributed by atoms with Crippen LogP contribution in [0.2, 0.25) is 0 Å². The van der Waals surface area contributed by atoms with E-state index in [-0.39, 0.29) is 11.9 Å². The third-order valence-corrected chi connectivity index (χ3v) is 4.39. The van der Waals surface area contributed by atoms with Crippen LogP contribution < -0.4 is 5.32 Å². The Morgan fingerprint density at radius 3 is 2.81 bits per heavy atom. The van der Waals surface area contributed by atoms with Crippen molar-refractivity contribution in [2.24, 2.45) is 0 Å². The predicted molar refractivity (Wildman–Crippen MR) is 80.3 cm³/mol. The number of hydrogen-bond acceptors (Lipinski definition) is 3. The molecular formula is C14H18BrN3O3. The van der Waals surface area contributed by atoms with Crippen molar-refractivity contribution in [2.45, 2.75) is 31.3 Å². The second-order valence-corrected chi connectivity index (χ2v) is 6.47. The molecule has 1 aromatic heterocycles. The smallest absolute Gasteiger partial charge is 0.407 e. The topological polar surface area (TPSA) is 63.6 Å². The highest BCUT2D eigenvalue weighted by Crippen LogP contribution is 2.37. The maximum atomic E-state index is 12.7. The molecule has 1 aliphatic heterocycles. The van der Waals surface area contributed by atoms with E-state index >= 15 is 0 Å². The van der Waals surface area contributed by atoms with E-state index in [0.717, 1.165) is 29.4 Å². The minimum absolute atomic E-state index is 0.0294. The van der Waals surface area contributed by atoms with Gasteiger partial charge in [-0.15, -0.1) is 0 Å². The number of likely N-dealkylation sites (tertiary alicyclic amines) is 1. The number of carbonyl (C=O) groups excluding carboxylic acids is 2. The first-order chi connectivity index (χ1) is 10.1. The molecule has 0 radical (unpaired) electrons. The highest BCUT2D eigenvalue weighted by Gasteiger charge is 2.33. The molecule has 1 aromatic rings. The Kier molecular flexibility index (Phi) is 3.93. The molecule has 1 N–H and O–H groups in total. The summed E-state index contributed by atoms with van der Waals surface area (Å²) in [6, 6.07) is 2.30. The van der Waals surface area contributed by atoms with Gasteiger partial charge in [-0.3, -0.25) is 4.79 Å². The first kappa shape index (κ1) is 14.4. The number of alkyl carbamates (subject to hydrolysis) is 1. The van der Waals surface area contributed by atoms with Crippen LogP contribution in [-0.4, -0.2) is 47.7 Å². The molecule has 1 unspecified atom stereocenters. The zero-order valence-electron chi connectivity index (χ0n) is 11.8. The molecule has 0 bridgehead atoms. The summed E-state index contributed by atoms with van der Waals surface area (Å²) in [6.45, 7) is 1.18. The van der Waals surface area contributed by atoms with Gasteiger partial charge in [-0.25, -0.2) is 4.79 Å². The van der Waals surface area contributed by atoms with Gasteiger partial charge in [0.1, 0.15) is 5.69 Å². The average molecular weight is 356 g/mol. The summed E-state index contributed by atoms with van der Waals surface area (Å²) in [7, 11) is 1.34. The zero-order valence-corrected chi connectivity index (χ0v) is 13.4. The zero-order chi connectivity index (χ0) is 15.0. The molecule has 0 spiro atoms. The number of nitrogens with one attached hydrogen (secondary N) is 1. The number of carbonyl (C=O) groups is 2. The maximum absolute atomic E-state index is 12.7. The van der Waals surface area contributed by atoms with E-state index in [1.165, 1.54) is 7.11 Å². The molecule has 114 valence electrons. The molecule has 2 heterocycles. The lowest BCUT2D eigenvalue weighted by atomic mass is 10.3. The fourth-order valence-corrected chi connectivity index (χ4v) is 3.16. The Morgan fingerprint density at radius 1 is 1.38 bits per heavy atom. The molecular weight excluding hydrogens is 338 g/mol. The van der Waals surface area contributed by atoms with E-state index in [9.17, 15) is 9.59 Å². The van der Waals surface area contributed by atoms with Crippen molar-refractivity contribution >= 4 is 27.9 Å². The summed E-state index contributed by atoms with van der Waals surface area (Å²) < 4.78 is 7.59. The van der Waals surface area contributed by atoms with Crippen LogP contribution in [0.25, 0.3) is 0 Å². The van der Waals surface area contributed by atoms with Gasteiger partial charge in [-0.1, -0.05) is 0 Å². The normalized spacial score (nSPS) is 21.4. The van der Waals surface area contributed by atoms with Crippen LogP contribution in [0.3, 0.4) is 0 Å². The third-order valence-electron chi connectivity index (χ3n) is 3.96. The fraction of sp³-hybridized carbons (Fsp3) is 0.571. The van der Waals surface area contributed by atoms with Gasteiger partial charge in [0.2, 0.25) is 0 Å². The van der Waals surface area contributed by atoms with Crippen molar-refractivity contribution in [3.8, 4) is 0 Å². The van der Waals surface area contributed by atoms with Crippen molar-refractivity contribution in [2.75, 3.05) is 20.2 Å². The van der Waals surface area contributed by atoms with Gasteiger partial charge in [0.15, 0.2) is 0 Å². The van der Waals surface area contributed by atoms with Crippen LogP contribution in [0.5, 0.6) is 0 Å². The molecule has 2 fully saturated rings. The summed E-state index contributed by atoms with van der Waals surface area (Å²) in [5.41, 5.74) is 0.725. The molecule has 21 heavy (non-hydrogen) atoms. The van der Waals surface area contributed by atoms with E-state index in [4.69, 9.17) is 0 Å². The van der Waals surface area contributed by atoms with Crippen molar-refractivity contribution in [1.29, 1.82) is 0 Å². The van der Waals surface area contributed by atoms with Gasteiger partial charge in [-0.2, -0.15) is 0 Å². The molecule has 1 saturated carbocycles. The Labute approximate surface area is 131 Å². The van der Waals surface area contributed by atoms with Gasteiger partial charge in [-0.05, 0) is 41.3 Å². The van der Waals surface area contributed by atoms with E-state index in [2.05, 4.69) is 30.6 Å². The van der Waals surface area contributed by atoms with Crippen LogP contribution in [-0.2, 0) is 4.74 Å². The Bertz CT molecular complexity index is 568. The van der Waals surface area contributed by atoms with E-state index in [1.54, 1.807) is 4.90 Å². The lowest BCUT2D eigenvalue weighted by molar-refractivity contribution is 0.0777. The molecule has 1 saturated heterocycles. The Morgan fingerprint density at radius 2 is 2.14 bits per heavy atom. The first-order valence-electron chi connectivity index (χ1n) is 7.09. The fourth-order valence-electron chi connectivity index (χ4n) is 2.72. The molecule has 7 heteroatoms. The molecule has 3 rings (SSSR count). The standard InChI is InChI=1S/C14H18BrN3O3/c1-21-14(20)16-10-4-5-17(8-10)13(19)12-6-9(15)7-18(12)11-2-3-11/h6-7,10-11H,2-5,8H2,1H3,(H,16,20). The highest BCUT2D eigenvalue weighted by atomic mass is 79.9. The molecule has 1 atom stereocenters. The van der Waals surface area contributed by atoms with Gasteiger partial charge in [0.05, 0.1) is 13.2 Å². The van der Waals surface area contributed by atoms with Crippen molar-refractivity contribution in [3.63, 3.8) is 0 Å². The molecule has 1 aliphatic carbocycles. The van der Waals surface area contributed by atoms with Gasteiger partial charge in [0.25, 0.3) is 5.91 Å². The maximum Gasteiger partial charge on any atom is 0.407 e. The number of halogens is 1. The molecule has 0 aromatic carbocycles. The summed E-state index contributed by atoms with van der Waals surface area (Å²) in [4.78, 5) is 25.7. The third kappa shape index (κ3) is 3.07. The quantitative estimate of drug-likeness (QED) is 0.903. The Balaban J connectivity index is 1.67. The number of aromatic nitrogens is 1. The highest BCUT2D eigenvalue weighted by molar-refractivity contribution is 9.10. The van der Waals surface area contributed by atoms with Gasteiger partial charge in [0, 0.05) is 29.8 Å². The van der Waals surface area contributed by atoms with Crippen LogP contribution in [0.1, 0.15) is 35.8 Å². The number of nitrogens with zero attached hydrogens (tertiary/aromatic N) is 2. The lowest BCUT2D eigenvalue weighted by Gasteiger charge is -2.18. The van der Waals surface area contributed by atoms with Crippen molar-refractivity contribution < 1.29 is 14.3 Å². The van der Waals surface area contributed by atoms with Crippen LogP contribution in [0.4, 0.5) is 4.79 Å². The second-order valence-electron chi connectivity index (χ2n) is 5.55. The molecule has 6 nitrogen and oxygen atoms in total. The van der Waals surface area contributed by atoms with E-state index in [1.807, 2.05) is 12.3 Å². The summed E-state index contributed by atoms with van der Waals surface area (Å²) in [5.74, 6) is 0.0294. The van der Waals surface area contributed by atoms with Crippen LogP contribution in [0, 0.1) is 0 Å². The largest absolute Gasteiger partial charge is 0.453 e. The van der Waals surface area contributed by atoms with Crippen molar-refractivity contribution in [3.05, 3.63) is 22.4 Å². The summed E-state index contributed by atoms with van der Waals surface area (Å²) in [6.07, 6.45) is 4.55. The minimum atomic E-state index is -0.446. The summed E-state index contributed by atoms with van der Waals surface area (Å²) in [5, 5.41) is 2.75. The van der Waals surface area contributed by atoms with Gasteiger partial charge < -0.3 is 19.5 Å². The summed E-state index contributed by atoms with van der Waals surface area (Å²) >= 11 is 3.44. The van der Waals surface area contributed by atoms with Gasteiger partial charge >= 0.3 is 6.09 Å². The first-order valence-corrected chi connectivity index (χ1v) is 7.89. The van der Waals surface area contributed by atoms with E-state index < -0.39 is 6.09 Å². The number of amides is 2. The average Bonchev–Trinajstić information content (AvgIpc) is 3.09. The van der Waals surface area contributed by atoms with Crippen LogP contribution in [0.15, 0.2) is 16.7 Å². The SMILES string of the molecule is COC(=O)NC1CCN(C(=O)c2cc(Br)cn2C2CC2)C1. The van der Waals surface area contributed by atoms with E-state index in [0.29, 0.717) is 19.1 Å². The molecule has 2 aliphatic rings. The molecule has 2 amide bonds. The minimum Gasteiger partial charge on any atom is -0.453 e. The lowest BCUT2D eigenvalue weighted by Crippen LogP contribution is -2.38. The van der Waals surface area contributed by atoms with Crippen LogP contribution >= 0.6 is 15.9 Å². The number of ether oxygens (including phenoxy) is 1. The number of methoxy groups -OCH3 is 1. The number of hydrogen-bond donors (Lipinski definition) is 1. The number of rotatable bonds is 3. The Hall–Kier alpha value is -1.50. The monoisotopic (exact) mass is 355 g/mol. The van der Waals surface area contributed by atoms with Crippen molar-refractivity contribution in [1.82, 2.24) is 14.8 Å². The predicted octanol–water partition coefficient (Wildman–Crippen LogP) is 2.16.